The first-order valence-electron chi connectivity index (χ1n) is 6.30. The number of ether oxygens (including phenoxy) is 1. The van der Waals surface area contributed by atoms with Gasteiger partial charge in [0.1, 0.15) is 0 Å². The van der Waals surface area contributed by atoms with Crippen LogP contribution in [0, 0.1) is 12.8 Å². The lowest BCUT2D eigenvalue weighted by Gasteiger charge is -2.35. The first-order chi connectivity index (χ1) is 8.20. The van der Waals surface area contributed by atoms with E-state index in [0.717, 1.165) is 25.4 Å². The Morgan fingerprint density at radius 1 is 1.47 bits per heavy atom. The number of benzene rings is 1. The molecule has 3 heteroatoms. The lowest BCUT2D eigenvalue weighted by atomic mass is 9.97. The normalized spacial score (nSPS) is 20.6. The molecular formula is C14H22N2O. The van der Waals surface area contributed by atoms with Gasteiger partial charge in [0.25, 0.3) is 0 Å². The van der Waals surface area contributed by atoms with Crippen molar-refractivity contribution in [3.05, 3.63) is 23.8 Å². The van der Waals surface area contributed by atoms with E-state index >= 15 is 0 Å². The number of anilines is 2. The molecule has 1 aliphatic heterocycles. The van der Waals surface area contributed by atoms with Gasteiger partial charge in [-0.1, -0.05) is 6.07 Å². The maximum Gasteiger partial charge on any atom is 0.0507 e. The summed E-state index contributed by atoms with van der Waals surface area (Å²) in [6.07, 6.45) is 2.51. The first kappa shape index (κ1) is 12.2. The van der Waals surface area contributed by atoms with Crippen LogP contribution in [0.3, 0.4) is 0 Å². The van der Waals surface area contributed by atoms with Gasteiger partial charge in [0.15, 0.2) is 0 Å². The van der Waals surface area contributed by atoms with E-state index in [4.69, 9.17) is 10.5 Å². The Kier molecular flexibility index (Phi) is 3.89. The van der Waals surface area contributed by atoms with Gasteiger partial charge in [-0.3, -0.25) is 0 Å². The Balaban J connectivity index is 2.13. The summed E-state index contributed by atoms with van der Waals surface area (Å²) < 4.78 is 5.27. The van der Waals surface area contributed by atoms with Gasteiger partial charge in [0.05, 0.1) is 6.61 Å². The molecule has 0 radical (unpaired) electrons. The Labute approximate surface area is 104 Å². The van der Waals surface area contributed by atoms with Gasteiger partial charge in [-0.25, -0.2) is 0 Å². The van der Waals surface area contributed by atoms with Crippen molar-refractivity contribution in [2.45, 2.75) is 19.8 Å². The maximum atomic E-state index is 5.88. The van der Waals surface area contributed by atoms with Crippen molar-refractivity contribution in [1.29, 1.82) is 0 Å². The molecule has 1 aromatic carbocycles. The number of piperidine rings is 1. The monoisotopic (exact) mass is 234 g/mol. The third kappa shape index (κ3) is 2.91. The molecule has 17 heavy (non-hydrogen) atoms. The molecular weight excluding hydrogens is 212 g/mol. The maximum absolute atomic E-state index is 5.88. The van der Waals surface area contributed by atoms with Gasteiger partial charge >= 0.3 is 0 Å². The number of rotatable bonds is 3. The highest BCUT2D eigenvalue weighted by Crippen LogP contribution is 2.27. The molecule has 0 aromatic heterocycles. The van der Waals surface area contributed by atoms with Gasteiger partial charge in [0.2, 0.25) is 0 Å². The Morgan fingerprint density at radius 2 is 2.29 bits per heavy atom. The molecule has 2 N–H and O–H groups in total. The van der Waals surface area contributed by atoms with Gasteiger partial charge in [0, 0.05) is 31.6 Å². The fourth-order valence-electron chi connectivity index (χ4n) is 2.62. The van der Waals surface area contributed by atoms with E-state index in [0.29, 0.717) is 5.92 Å². The second-order valence-electron chi connectivity index (χ2n) is 4.96. The summed E-state index contributed by atoms with van der Waals surface area (Å²) in [4.78, 5) is 2.44. The molecule has 1 aromatic rings. The number of hydrogen-bond donors (Lipinski definition) is 1. The Hall–Kier alpha value is -1.22. The molecule has 0 amide bonds. The zero-order valence-corrected chi connectivity index (χ0v) is 10.8. The summed E-state index contributed by atoms with van der Waals surface area (Å²) in [5.74, 6) is 0.648. The molecule has 1 saturated heterocycles. The minimum atomic E-state index is 0.648. The van der Waals surface area contributed by atoms with Crippen LogP contribution in [-0.2, 0) is 4.74 Å². The van der Waals surface area contributed by atoms with Crippen molar-refractivity contribution in [2.75, 3.05) is 37.4 Å². The van der Waals surface area contributed by atoms with Crippen LogP contribution in [0.2, 0.25) is 0 Å². The smallest absolute Gasteiger partial charge is 0.0507 e. The van der Waals surface area contributed by atoms with Crippen LogP contribution in [0.25, 0.3) is 0 Å². The van der Waals surface area contributed by atoms with E-state index in [9.17, 15) is 0 Å². The van der Waals surface area contributed by atoms with Crippen molar-refractivity contribution >= 4 is 11.4 Å². The van der Waals surface area contributed by atoms with E-state index in [1.165, 1.54) is 24.1 Å². The quantitative estimate of drug-likeness (QED) is 0.816. The molecule has 1 atom stereocenters. The third-order valence-electron chi connectivity index (χ3n) is 3.50. The Bertz CT molecular complexity index is 376. The largest absolute Gasteiger partial charge is 0.399 e. The standard InChI is InChI=1S/C14H22N2O/c1-11-5-6-13(15)8-14(11)16-7-3-4-12(9-16)10-17-2/h5-6,8,12H,3-4,7,9-10,15H2,1-2H3. The molecule has 1 heterocycles. The molecule has 0 saturated carbocycles. The highest BCUT2D eigenvalue weighted by molar-refractivity contribution is 5.61. The minimum absolute atomic E-state index is 0.648. The van der Waals surface area contributed by atoms with Gasteiger partial charge < -0.3 is 15.4 Å². The van der Waals surface area contributed by atoms with E-state index in [-0.39, 0.29) is 0 Å². The lowest BCUT2D eigenvalue weighted by molar-refractivity contribution is 0.143. The number of methoxy groups -OCH3 is 1. The van der Waals surface area contributed by atoms with Crippen LogP contribution in [0.15, 0.2) is 18.2 Å². The topological polar surface area (TPSA) is 38.5 Å². The second kappa shape index (κ2) is 5.41. The average Bonchev–Trinajstić information content (AvgIpc) is 2.33. The highest BCUT2D eigenvalue weighted by Gasteiger charge is 2.21. The van der Waals surface area contributed by atoms with Gasteiger partial charge in [-0.05, 0) is 43.4 Å². The van der Waals surface area contributed by atoms with Crippen LogP contribution in [0.1, 0.15) is 18.4 Å². The molecule has 2 rings (SSSR count). The van der Waals surface area contributed by atoms with Crippen molar-refractivity contribution < 1.29 is 4.74 Å². The summed E-state index contributed by atoms with van der Waals surface area (Å²) >= 11 is 0. The molecule has 0 aliphatic carbocycles. The number of hydrogen-bond acceptors (Lipinski definition) is 3. The van der Waals surface area contributed by atoms with E-state index in [1.54, 1.807) is 7.11 Å². The van der Waals surface area contributed by atoms with Crippen LogP contribution in [0.5, 0.6) is 0 Å². The predicted molar refractivity (Wildman–Crippen MR) is 72.4 cm³/mol. The number of nitrogens with zero attached hydrogens (tertiary/aromatic N) is 1. The highest BCUT2D eigenvalue weighted by atomic mass is 16.5. The van der Waals surface area contributed by atoms with Crippen LogP contribution < -0.4 is 10.6 Å². The van der Waals surface area contributed by atoms with Crippen LogP contribution in [0.4, 0.5) is 11.4 Å². The first-order valence-corrected chi connectivity index (χ1v) is 6.30. The number of aryl methyl sites for hydroxylation is 1. The second-order valence-corrected chi connectivity index (χ2v) is 4.96. The summed E-state index contributed by atoms with van der Waals surface area (Å²) in [6.45, 7) is 5.22. The lowest BCUT2D eigenvalue weighted by Crippen LogP contribution is -2.37. The fraction of sp³-hybridized carbons (Fsp3) is 0.571. The molecule has 0 spiro atoms. The summed E-state index contributed by atoms with van der Waals surface area (Å²) in [5.41, 5.74) is 9.31. The number of nitrogens with two attached hydrogens (primary N) is 1. The van der Waals surface area contributed by atoms with Crippen LogP contribution in [-0.4, -0.2) is 26.8 Å². The molecule has 1 fully saturated rings. The minimum Gasteiger partial charge on any atom is -0.399 e. The zero-order chi connectivity index (χ0) is 12.3. The van der Waals surface area contributed by atoms with Crippen molar-refractivity contribution in [3.8, 4) is 0 Å². The van der Waals surface area contributed by atoms with Gasteiger partial charge in [-0.2, -0.15) is 0 Å². The zero-order valence-electron chi connectivity index (χ0n) is 10.8. The average molecular weight is 234 g/mol. The van der Waals surface area contributed by atoms with Crippen LogP contribution >= 0.6 is 0 Å². The van der Waals surface area contributed by atoms with Crippen molar-refractivity contribution in [3.63, 3.8) is 0 Å². The summed E-state index contributed by atoms with van der Waals surface area (Å²) in [7, 11) is 1.78. The van der Waals surface area contributed by atoms with Crippen molar-refractivity contribution in [1.82, 2.24) is 0 Å². The molecule has 1 aliphatic rings. The number of nitrogen functional groups attached to an aromatic ring is 1. The summed E-state index contributed by atoms with van der Waals surface area (Å²) in [5, 5.41) is 0. The molecule has 1 unspecified atom stereocenters. The van der Waals surface area contributed by atoms with E-state index in [1.807, 2.05) is 6.07 Å². The molecule has 94 valence electrons. The molecule has 0 bridgehead atoms. The SMILES string of the molecule is COCC1CCCN(c2cc(N)ccc2C)C1. The summed E-state index contributed by atoms with van der Waals surface area (Å²) in [6, 6.07) is 6.16. The third-order valence-corrected chi connectivity index (χ3v) is 3.50. The predicted octanol–water partition coefficient (Wildman–Crippen LogP) is 2.44. The molecule has 3 nitrogen and oxygen atoms in total. The van der Waals surface area contributed by atoms with E-state index in [2.05, 4.69) is 24.0 Å². The fourth-order valence-corrected chi connectivity index (χ4v) is 2.62. The Morgan fingerprint density at radius 3 is 3.06 bits per heavy atom. The van der Waals surface area contributed by atoms with Crippen molar-refractivity contribution in [2.24, 2.45) is 5.92 Å². The van der Waals surface area contributed by atoms with Gasteiger partial charge in [-0.15, -0.1) is 0 Å². The van der Waals surface area contributed by atoms with E-state index < -0.39 is 0 Å².